The van der Waals surface area contributed by atoms with E-state index in [1.807, 2.05) is 4.90 Å². The summed E-state index contributed by atoms with van der Waals surface area (Å²) < 4.78 is 0. The molecule has 0 radical (unpaired) electrons. The molecular weight excluding hydrogens is 304 g/mol. The van der Waals surface area contributed by atoms with Crippen molar-refractivity contribution in [1.82, 2.24) is 14.9 Å². The largest absolute Gasteiger partial charge is 0.364 e. The first-order chi connectivity index (χ1) is 11.2. The lowest BCUT2D eigenvalue weighted by molar-refractivity contribution is -0.133. The van der Waals surface area contributed by atoms with E-state index in [9.17, 15) is 9.59 Å². The predicted octanol–water partition coefficient (Wildman–Crippen LogP) is 2.18. The van der Waals surface area contributed by atoms with Gasteiger partial charge in [0.1, 0.15) is 12.0 Å². The van der Waals surface area contributed by atoms with Crippen molar-refractivity contribution < 1.29 is 9.59 Å². The molecule has 2 N–H and O–H groups in total. The van der Waals surface area contributed by atoms with Crippen LogP contribution in [0.25, 0.3) is 0 Å². The molecule has 0 aromatic carbocycles. The maximum absolute atomic E-state index is 12.4. The number of aromatic nitrogens is 2. The molecule has 6 heteroatoms. The molecule has 1 fully saturated rings. The summed E-state index contributed by atoms with van der Waals surface area (Å²) >= 11 is 0. The molecule has 1 unspecified atom stereocenters. The number of carbonyl (C=O) groups is 2. The van der Waals surface area contributed by atoms with Crippen LogP contribution >= 0.6 is 0 Å². The van der Waals surface area contributed by atoms with Crippen LogP contribution in [0.15, 0.2) is 12.4 Å². The second kappa shape index (κ2) is 7.73. The minimum Gasteiger partial charge on any atom is -0.364 e. The van der Waals surface area contributed by atoms with Crippen molar-refractivity contribution >= 4 is 11.8 Å². The van der Waals surface area contributed by atoms with E-state index in [1.165, 1.54) is 6.33 Å². The van der Waals surface area contributed by atoms with Gasteiger partial charge in [0, 0.05) is 25.2 Å². The summed E-state index contributed by atoms with van der Waals surface area (Å²) in [5.41, 5.74) is 6.40. The Morgan fingerprint density at radius 1 is 1.25 bits per heavy atom. The van der Waals surface area contributed by atoms with Gasteiger partial charge in [-0.1, -0.05) is 20.8 Å². The van der Waals surface area contributed by atoms with Crippen LogP contribution in [-0.2, 0) is 11.2 Å². The van der Waals surface area contributed by atoms with E-state index in [4.69, 9.17) is 5.73 Å². The highest BCUT2D eigenvalue weighted by Gasteiger charge is 2.24. The molecule has 2 rings (SSSR count). The first kappa shape index (κ1) is 18.4. The standard InChI is InChI=1S/C18H28N4O2/c1-18(2,3)11-16(23)22-7-4-5-13(6-8-22)9-14-10-15(17(19)24)21-12-20-14/h10,12-13H,4-9,11H2,1-3H3,(H2,19,24). The average molecular weight is 332 g/mol. The lowest BCUT2D eigenvalue weighted by atomic mass is 9.91. The lowest BCUT2D eigenvalue weighted by Crippen LogP contribution is -2.34. The smallest absolute Gasteiger partial charge is 0.267 e. The fourth-order valence-electron chi connectivity index (χ4n) is 3.12. The summed E-state index contributed by atoms with van der Waals surface area (Å²) in [7, 11) is 0. The molecule has 0 aliphatic carbocycles. The summed E-state index contributed by atoms with van der Waals surface area (Å²) in [5.74, 6) is 0.188. The van der Waals surface area contributed by atoms with Gasteiger partial charge in [-0.2, -0.15) is 0 Å². The van der Waals surface area contributed by atoms with Crippen LogP contribution in [0.2, 0.25) is 0 Å². The second-order valence-corrected chi connectivity index (χ2v) is 7.88. The van der Waals surface area contributed by atoms with Gasteiger partial charge in [-0.3, -0.25) is 9.59 Å². The van der Waals surface area contributed by atoms with E-state index in [0.29, 0.717) is 12.3 Å². The molecule has 1 aromatic rings. The first-order valence-electron chi connectivity index (χ1n) is 8.63. The second-order valence-electron chi connectivity index (χ2n) is 7.88. The third-order valence-electron chi connectivity index (χ3n) is 4.36. The van der Waals surface area contributed by atoms with Crippen molar-refractivity contribution in [2.45, 2.75) is 52.9 Å². The maximum atomic E-state index is 12.4. The Kier molecular flexibility index (Phi) is 5.91. The van der Waals surface area contributed by atoms with Crippen LogP contribution in [0, 0.1) is 11.3 Å². The van der Waals surface area contributed by atoms with E-state index >= 15 is 0 Å². The summed E-state index contributed by atoms with van der Waals surface area (Å²) in [5, 5.41) is 0. The van der Waals surface area contributed by atoms with E-state index in [1.54, 1.807) is 6.07 Å². The van der Waals surface area contributed by atoms with Gasteiger partial charge in [0.25, 0.3) is 5.91 Å². The van der Waals surface area contributed by atoms with E-state index in [2.05, 4.69) is 30.7 Å². The molecule has 1 saturated heterocycles. The fourth-order valence-corrected chi connectivity index (χ4v) is 3.12. The van der Waals surface area contributed by atoms with Gasteiger partial charge in [-0.05, 0) is 43.1 Å². The fraction of sp³-hybridized carbons (Fsp3) is 0.667. The van der Waals surface area contributed by atoms with Crippen LogP contribution in [0.4, 0.5) is 0 Å². The van der Waals surface area contributed by atoms with Gasteiger partial charge in [0.05, 0.1) is 0 Å². The van der Waals surface area contributed by atoms with Gasteiger partial charge >= 0.3 is 0 Å². The topological polar surface area (TPSA) is 89.2 Å². The SMILES string of the molecule is CC(C)(C)CC(=O)N1CCCC(Cc2cc(C(N)=O)ncn2)CC1. The molecule has 0 bridgehead atoms. The summed E-state index contributed by atoms with van der Waals surface area (Å²) in [6.45, 7) is 7.92. The van der Waals surface area contributed by atoms with Crippen molar-refractivity contribution in [2.24, 2.45) is 17.1 Å². The van der Waals surface area contributed by atoms with Crippen molar-refractivity contribution in [3.63, 3.8) is 0 Å². The highest BCUT2D eigenvalue weighted by Crippen LogP contribution is 2.24. The van der Waals surface area contributed by atoms with Gasteiger partial charge in [-0.25, -0.2) is 9.97 Å². The molecule has 6 nitrogen and oxygen atoms in total. The molecule has 1 aliphatic heterocycles. The van der Waals surface area contributed by atoms with Gasteiger partial charge in [-0.15, -0.1) is 0 Å². The number of nitrogens with two attached hydrogens (primary N) is 1. The zero-order valence-corrected chi connectivity index (χ0v) is 14.9. The zero-order chi connectivity index (χ0) is 17.7. The Labute approximate surface area is 143 Å². The number of rotatable bonds is 4. The minimum atomic E-state index is -0.529. The number of primary amides is 1. The molecule has 1 aromatic heterocycles. The number of carbonyl (C=O) groups excluding carboxylic acids is 2. The molecule has 2 amide bonds. The maximum Gasteiger partial charge on any atom is 0.267 e. The van der Waals surface area contributed by atoms with E-state index in [-0.39, 0.29) is 17.0 Å². The summed E-state index contributed by atoms with van der Waals surface area (Å²) in [6, 6.07) is 1.68. The summed E-state index contributed by atoms with van der Waals surface area (Å²) in [4.78, 5) is 33.8. The Balaban J connectivity index is 1.92. The van der Waals surface area contributed by atoms with Crippen LogP contribution in [0.3, 0.4) is 0 Å². The lowest BCUT2D eigenvalue weighted by Gasteiger charge is -2.25. The van der Waals surface area contributed by atoms with E-state index < -0.39 is 5.91 Å². The Morgan fingerprint density at radius 3 is 2.67 bits per heavy atom. The number of hydrogen-bond acceptors (Lipinski definition) is 4. The third-order valence-corrected chi connectivity index (χ3v) is 4.36. The van der Waals surface area contributed by atoms with Crippen LogP contribution in [-0.4, -0.2) is 39.8 Å². The third kappa shape index (κ3) is 5.58. The van der Waals surface area contributed by atoms with Gasteiger partial charge in [0.2, 0.25) is 5.91 Å². The Bertz CT molecular complexity index is 595. The first-order valence-corrected chi connectivity index (χ1v) is 8.63. The van der Waals surface area contributed by atoms with Crippen molar-refractivity contribution in [3.05, 3.63) is 23.8 Å². The van der Waals surface area contributed by atoms with Gasteiger partial charge < -0.3 is 10.6 Å². The number of nitrogens with zero attached hydrogens (tertiary/aromatic N) is 3. The number of hydrogen-bond donors (Lipinski definition) is 1. The zero-order valence-electron chi connectivity index (χ0n) is 14.9. The molecule has 1 aliphatic rings. The molecular formula is C18H28N4O2. The van der Waals surface area contributed by atoms with Crippen molar-refractivity contribution in [1.29, 1.82) is 0 Å². The molecule has 2 heterocycles. The predicted molar refractivity (Wildman–Crippen MR) is 92.2 cm³/mol. The molecule has 132 valence electrons. The van der Waals surface area contributed by atoms with Gasteiger partial charge in [0.15, 0.2) is 0 Å². The molecule has 0 saturated carbocycles. The molecule has 1 atom stereocenters. The Morgan fingerprint density at radius 2 is 2.00 bits per heavy atom. The number of amides is 2. The normalized spacial score (nSPS) is 19.0. The summed E-state index contributed by atoms with van der Waals surface area (Å²) in [6.07, 6.45) is 5.82. The Hall–Kier alpha value is -1.98. The van der Waals surface area contributed by atoms with Crippen LogP contribution in [0.1, 0.15) is 62.6 Å². The van der Waals surface area contributed by atoms with Crippen molar-refractivity contribution in [3.8, 4) is 0 Å². The average Bonchev–Trinajstić information content (AvgIpc) is 2.71. The van der Waals surface area contributed by atoms with Crippen LogP contribution < -0.4 is 5.73 Å². The number of likely N-dealkylation sites (tertiary alicyclic amines) is 1. The minimum absolute atomic E-state index is 0.0227. The molecule has 24 heavy (non-hydrogen) atoms. The van der Waals surface area contributed by atoms with E-state index in [0.717, 1.165) is 44.5 Å². The highest BCUT2D eigenvalue weighted by molar-refractivity contribution is 5.90. The van der Waals surface area contributed by atoms with Crippen LogP contribution in [0.5, 0.6) is 0 Å². The monoisotopic (exact) mass is 332 g/mol. The highest BCUT2D eigenvalue weighted by atomic mass is 16.2. The van der Waals surface area contributed by atoms with Crippen molar-refractivity contribution in [2.75, 3.05) is 13.1 Å². The molecule has 0 spiro atoms. The quantitative estimate of drug-likeness (QED) is 0.915.